The van der Waals surface area contributed by atoms with E-state index >= 15 is 0 Å². The fourth-order valence-corrected chi connectivity index (χ4v) is 2.48. The van der Waals surface area contributed by atoms with Gasteiger partial charge in [-0.05, 0) is 25.3 Å². The molecule has 1 aromatic rings. The lowest BCUT2D eigenvalue weighted by atomic mass is 10.2. The Morgan fingerprint density at radius 3 is 2.08 bits per heavy atom. The number of hydrogen-bond acceptors (Lipinski definition) is 4. The SMILES string of the molecule is Cl.NOCCCCCCOc1c(Cl)cc(OCC=C(Cl)Cl)cc1Cl. The van der Waals surface area contributed by atoms with Crippen molar-refractivity contribution in [2.24, 2.45) is 5.90 Å². The van der Waals surface area contributed by atoms with Gasteiger partial charge in [0.1, 0.15) is 16.8 Å². The van der Waals surface area contributed by atoms with Gasteiger partial charge in [-0.15, -0.1) is 12.4 Å². The third-order valence-corrected chi connectivity index (χ3v) is 3.73. The van der Waals surface area contributed by atoms with Crippen LogP contribution in [0.15, 0.2) is 22.7 Å². The average Bonchev–Trinajstić information content (AvgIpc) is 2.48. The average molecular weight is 440 g/mol. The second-order valence-electron chi connectivity index (χ2n) is 4.65. The van der Waals surface area contributed by atoms with E-state index < -0.39 is 0 Å². The highest BCUT2D eigenvalue weighted by molar-refractivity contribution is 6.55. The molecule has 0 amide bonds. The second kappa shape index (κ2) is 14.1. The van der Waals surface area contributed by atoms with Crippen LogP contribution in [0.25, 0.3) is 0 Å². The van der Waals surface area contributed by atoms with Crippen molar-refractivity contribution in [3.05, 3.63) is 32.7 Å². The highest BCUT2D eigenvalue weighted by Crippen LogP contribution is 2.37. The van der Waals surface area contributed by atoms with Crippen molar-refractivity contribution in [1.29, 1.82) is 0 Å². The lowest BCUT2D eigenvalue weighted by Crippen LogP contribution is -2.02. The van der Waals surface area contributed by atoms with Gasteiger partial charge < -0.3 is 14.3 Å². The Morgan fingerprint density at radius 1 is 0.958 bits per heavy atom. The number of halogens is 5. The van der Waals surface area contributed by atoms with Crippen LogP contribution in [-0.4, -0.2) is 19.8 Å². The van der Waals surface area contributed by atoms with Gasteiger partial charge in [-0.3, -0.25) is 0 Å². The van der Waals surface area contributed by atoms with Gasteiger partial charge in [-0.25, -0.2) is 5.90 Å². The molecular formula is C15H20Cl5NO3. The number of nitrogens with two attached hydrogens (primary N) is 1. The fourth-order valence-electron chi connectivity index (χ4n) is 1.77. The minimum absolute atomic E-state index is 0. The number of unbranched alkanes of at least 4 members (excludes halogenated alkanes) is 3. The summed E-state index contributed by atoms with van der Waals surface area (Å²) < 4.78 is 11.2. The zero-order valence-corrected chi connectivity index (χ0v) is 16.7. The molecule has 0 unspecified atom stereocenters. The first-order valence-electron chi connectivity index (χ1n) is 7.12. The minimum atomic E-state index is 0. The van der Waals surface area contributed by atoms with Crippen LogP contribution < -0.4 is 15.4 Å². The lowest BCUT2D eigenvalue weighted by Gasteiger charge is -2.12. The normalized spacial score (nSPS) is 10.0. The van der Waals surface area contributed by atoms with Crippen molar-refractivity contribution in [1.82, 2.24) is 0 Å². The van der Waals surface area contributed by atoms with Gasteiger partial charge in [0.25, 0.3) is 0 Å². The maximum Gasteiger partial charge on any atom is 0.156 e. The van der Waals surface area contributed by atoms with E-state index in [9.17, 15) is 0 Å². The molecule has 138 valence electrons. The largest absolute Gasteiger partial charge is 0.490 e. The fraction of sp³-hybridized carbons (Fsp3) is 0.467. The summed E-state index contributed by atoms with van der Waals surface area (Å²) in [6, 6.07) is 3.27. The molecule has 0 saturated heterocycles. The lowest BCUT2D eigenvalue weighted by molar-refractivity contribution is 0.133. The van der Waals surface area contributed by atoms with Crippen molar-refractivity contribution in [3.63, 3.8) is 0 Å². The zero-order chi connectivity index (χ0) is 17.1. The molecule has 0 fully saturated rings. The Labute approximate surface area is 168 Å². The van der Waals surface area contributed by atoms with Crippen LogP contribution in [0.5, 0.6) is 11.5 Å². The van der Waals surface area contributed by atoms with E-state index in [1.165, 1.54) is 6.08 Å². The van der Waals surface area contributed by atoms with E-state index in [2.05, 4.69) is 4.84 Å². The number of rotatable bonds is 11. The summed E-state index contributed by atoms with van der Waals surface area (Å²) in [6.07, 6.45) is 5.40. The van der Waals surface area contributed by atoms with Gasteiger partial charge in [0.05, 0.1) is 23.3 Å². The van der Waals surface area contributed by atoms with E-state index in [1.54, 1.807) is 12.1 Å². The molecule has 2 N–H and O–H groups in total. The molecule has 1 rings (SSSR count). The van der Waals surface area contributed by atoms with Gasteiger partial charge in [0.15, 0.2) is 5.75 Å². The van der Waals surface area contributed by atoms with Crippen molar-refractivity contribution < 1.29 is 14.3 Å². The van der Waals surface area contributed by atoms with Gasteiger partial charge in [-0.2, -0.15) is 0 Å². The van der Waals surface area contributed by atoms with Crippen LogP contribution in [-0.2, 0) is 4.84 Å². The summed E-state index contributed by atoms with van der Waals surface area (Å²) in [5.41, 5.74) is 0. The third kappa shape index (κ3) is 10.0. The molecule has 0 heterocycles. The van der Waals surface area contributed by atoms with Crippen LogP contribution in [0.4, 0.5) is 0 Å². The Kier molecular flexibility index (Phi) is 14.1. The predicted octanol–water partition coefficient (Wildman–Crippen LogP) is 5.94. The first-order valence-corrected chi connectivity index (χ1v) is 8.63. The van der Waals surface area contributed by atoms with E-state index in [0.717, 1.165) is 25.7 Å². The first kappa shape index (κ1) is 23.9. The van der Waals surface area contributed by atoms with Gasteiger partial charge >= 0.3 is 0 Å². The first-order chi connectivity index (χ1) is 11.0. The Hall–Kier alpha value is -0.0700. The summed E-state index contributed by atoms with van der Waals surface area (Å²) in [5.74, 6) is 5.92. The summed E-state index contributed by atoms with van der Waals surface area (Å²) in [7, 11) is 0. The molecule has 9 heteroatoms. The number of benzene rings is 1. The van der Waals surface area contributed by atoms with Crippen LogP contribution in [0.3, 0.4) is 0 Å². The van der Waals surface area contributed by atoms with Crippen molar-refractivity contribution >= 4 is 58.8 Å². The molecule has 0 aliphatic rings. The van der Waals surface area contributed by atoms with Crippen molar-refractivity contribution in [2.45, 2.75) is 25.7 Å². The van der Waals surface area contributed by atoms with Crippen molar-refractivity contribution in [2.75, 3.05) is 19.8 Å². The zero-order valence-electron chi connectivity index (χ0n) is 12.9. The van der Waals surface area contributed by atoms with E-state index in [0.29, 0.717) is 34.8 Å². The van der Waals surface area contributed by atoms with E-state index in [-0.39, 0.29) is 23.5 Å². The van der Waals surface area contributed by atoms with Gasteiger partial charge in [-0.1, -0.05) is 52.8 Å². The maximum atomic E-state index is 6.17. The van der Waals surface area contributed by atoms with E-state index in [4.69, 9.17) is 61.8 Å². The molecule has 0 radical (unpaired) electrons. The highest BCUT2D eigenvalue weighted by Gasteiger charge is 2.10. The minimum Gasteiger partial charge on any atom is -0.490 e. The summed E-state index contributed by atoms with van der Waals surface area (Å²) in [6.45, 7) is 1.33. The summed E-state index contributed by atoms with van der Waals surface area (Å²) >= 11 is 23.3. The molecule has 0 aliphatic carbocycles. The molecule has 0 bridgehead atoms. The van der Waals surface area contributed by atoms with Gasteiger partial charge in [0, 0.05) is 12.1 Å². The molecule has 0 atom stereocenters. The topological polar surface area (TPSA) is 53.7 Å². The number of ether oxygens (including phenoxy) is 2. The number of hydrogen-bond donors (Lipinski definition) is 1. The molecule has 4 nitrogen and oxygen atoms in total. The molecule has 0 aromatic heterocycles. The Morgan fingerprint density at radius 2 is 1.54 bits per heavy atom. The predicted molar refractivity (Wildman–Crippen MR) is 103 cm³/mol. The van der Waals surface area contributed by atoms with Crippen LogP contribution >= 0.6 is 58.8 Å². The summed E-state index contributed by atoms with van der Waals surface area (Å²) in [4.78, 5) is 4.51. The monoisotopic (exact) mass is 437 g/mol. The van der Waals surface area contributed by atoms with E-state index in [1.807, 2.05) is 0 Å². The molecular weight excluding hydrogens is 419 g/mol. The molecule has 0 aliphatic heterocycles. The highest BCUT2D eigenvalue weighted by atomic mass is 35.5. The Balaban J connectivity index is 0.00000529. The molecule has 24 heavy (non-hydrogen) atoms. The molecule has 0 spiro atoms. The van der Waals surface area contributed by atoms with Crippen LogP contribution in [0.2, 0.25) is 10.0 Å². The third-order valence-electron chi connectivity index (χ3n) is 2.86. The van der Waals surface area contributed by atoms with Crippen molar-refractivity contribution in [3.8, 4) is 11.5 Å². The Bertz CT molecular complexity index is 487. The van der Waals surface area contributed by atoms with Crippen LogP contribution in [0, 0.1) is 0 Å². The van der Waals surface area contributed by atoms with Gasteiger partial charge in [0.2, 0.25) is 0 Å². The molecule has 0 saturated carbocycles. The second-order valence-corrected chi connectivity index (χ2v) is 6.48. The summed E-state index contributed by atoms with van der Waals surface area (Å²) in [5, 5.41) is 0.787. The molecule has 1 aromatic carbocycles. The maximum absolute atomic E-state index is 6.17. The standard InChI is InChI=1S/C15H19Cl4NO3.ClH/c16-12-9-11(21-8-5-14(18)19)10-13(17)15(12)22-6-3-1-2-4-7-23-20;/h5,9-10H,1-4,6-8,20H2;1H. The smallest absolute Gasteiger partial charge is 0.156 e. The quantitative estimate of drug-likeness (QED) is 0.342. The van der Waals surface area contributed by atoms with Crippen LogP contribution in [0.1, 0.15) is 25.7 Å².